The second-order valence-electron chi connectivity index (χ2n) is 13.7. The number of fused-ring (bicyclic) bond motifs is 2. The van der Waals surface area contributed by atoms with Crippen LogP contribution in [0, 0.1) is 6.92 Å². The lowest BCUT2D eigenvalue weighted by Crippen LogP contribution is -2.54. The molecule has 3 fully saturated rings. The van der Waals surface area contributed by atoms with Crippen molar-refractivity contribution < 1.29 is 23.9 Å². The molecule has 2 N–H and O–H groups in total. The Kier molecular flexibility index (Phi) is 9.54. The van der Waals surface area contributed by atoms with E-state index in [1.54, 1.807) is 11.2 Å². The number of piperidine rings is 2. The number of carbonyl (C=O) groups is 3. The lowest BCUT2D eigenvalue weighted by molar-refractivity contribution is -0.144. The van der Waals surface area contributed by atoms with Gasteiger partial charge in [0.2, 0.25) is 0 Å². The first-order chi connectivity index (χ1) is 23.4. The Morgan fingerprint density at radius 1 is 0.938 bits per heavy atom. The predicted octanol–water partition coefficient (Wildman–Crippen LogP) is 4.36. The van der Waals surface area contributed by atoms with E-state index in [0.717, 1.165) is 79.0 Å². The van der Waals surface area contributed by atoms with Gasteiger partial charge in [-0.1, -0.05) is 31.2 Å². The molecule has 256 valence electrons. The van der Waals surface area contributed by atoms with Crippen molar-refractivity contribution in [2.24, 2.45) is 0 Å². The molecule has 48 heavy (non-hydrogen) atoms. The van der Waals surface area contributed by atoms with E-state index in [1.165, 1.54) is 0 Å². The Labute approximate surface area is 281 Å². The van der Waals surface area contributed by atoms with Gasteiger partial charge in [0.05, 0.1) is 30.6 Å². The number of nitrogens with zero attached hydrogens (tertiary/aromatic N) is 5. The summed E-state index contributed by atoms with van der Waals surface area (Å²) in [5.74, 6) is -0.523. The number of anilines is 1. The number of amides is 4. The number of carbonyl (C=O) groups excluding carboxylic acids is 3. The van der Waals surface area contributed by atoms with Gasteiger partial charge >= 0.3 is 12.1 Å². The van der Waals surface area contributed by atoms with Crippen molar-refractivity contribution >= 4 is 34.8 Å². The van der Waals surface area contributed by atoms with Crippen molar-refractivity contribution in [1.29, 1.82) is 0 Å². The molecule has 2 unspecified atom stereocenters. The number of H-pyrrole nitrogens is 1. The fourth-order valence-corrected chi connectivity index (χ4v) is 7.91. The molecule has 7 rings (SSSR count). The van der Waals surface area contributed by atoms with Crippen LogP contribution in [0.5, 0.6) is 0 Å². The molecule has 2 atom stereocenters. The van der Waals surface area contributed by atoms with Crippen molar-refractivity contribution in [3.05, 3.63) is 59.4 Å². The summed E-state index contributed by atoms with van der Waals surface area (Å²) >= 11 is 0. The number of urea groups is 1. The zero-order valence-corrected chi connectivity index (χ0v) is 28.0. The third-order valence-corrected chi connectivity index (χ3v) is 10.8. The number of aryl methyl sites for hydroxylation is 1. The highest BCUT2D eigenvalue weighted by Gasteiger charge is 2.39. The molecule has 0 bridgehead atoms. The summed E-state index contributed by atoms with van der Waals surface area (Å²) in [6.45, 7) is 10.2. The molecule has 2 aromatic carbocycles. The SMILES string of the molecule is Cc1cc(C(C)C(OC(=O)N2CCC(N3CCc4ccccc4NC3=O)CC2)C(=O)N2CCC(N3CCOCC3)CC2)cc2nc[nH]c12. The van der Waals surface area contributed by atoms with Crippen LogP contribution in [0.25, 0.3) is 11.0 Å². The van der Waals surface area contributed by atoms with Crippen LogP contribution in [-0.2, 0) is 20.7 Å². The molecule has 4 amide bonds. The molecular formula is C36H47N7O5. The van der Waals surface area contributed by atoms with Gasteiger partial charge in [-0.15, -0.1) is 0 Å². The minimum Gasteiger partial charge on any atom is -0.435 e. The summed E-state index contributed by atoms with van der Waals surface area (Å²) in [7, 11) is 0. The van der Waals surface area contributed by atoms with Gasteiger partial charge in [0.15, 0.2) is 6.10 Å². The lowest BCUT2D eigenvalue weighted by Gasteiger charge is -2.41. The van der Waals surface area contributed by atoms with Crippen molar-refractivity contribution in [2.45, 2.75) is 70.1 Å². The van der Waals surface area contributed by atoms with Gasteiger partial charge < -0.3 is 34.5 Å². The minimum atomic E-state index is -0.971. The highest BCUT2D eigenvalue weighted by Crippen LogP contribution is 2.31. The Morgan fingerprint density at radius 3 is 2.42 bits per heavy atom. The number of aromatic nitrogens is 2. The average Bonchev–Trinajstić information content (AvgIpc) is 3.54. The van der Waals surface area contributed by atoms with Crippen LogP contribution in [0.1, 0.15) is 55.2 Å². The molecule has 3 saturated heterocycles. The van der Waals surface area contributed by atoms with E-state index in [-0.39, 0.29) is 23.9 Å². The quantitative estimate of drug-likeness (QED) is 0.404. The number of benzene rings is 2. The van der Waals surface area contributed by atoms with Crippen molar-refractivity contribution in [3.8, 4) is 0 Å². The topological polar surface area (TPSA) is 123 Å². The Hall–Kier alpha value is -4.16. The van der Waals surface area contributed by atoms with Crippen LogP contribution in [0.15, 0.2) is 42.7 Å². The van der Waals surface area contributed by atoms with E-state index in [1.807, 2.05) is 47.9 Å². The van der Waals surface area contributed by atoms with Crippen LogP contribution in [-0.4, -0.2) is 125 Å². The molecule has 1 aromatic heterocycles. The lowest BCUT2D eigenvalue weighted by atomic mass is 9.91. The normalized spacial score (nSPS) is 21.4. The molecule has 12 nitrogen and oxygen atoms in total. The first-order valence-corrected chi connectivity index (χ1v) is 17.5. The molecule has 4 aliphatic rings. The smallest absolute Gasteiger partial charge is 0.410 e. The molecule has 0 spiro atoms. The van der Waals surface area contributed by atoms with E-state index in [0.29, 0.717) is 51.6 Å². The summed E-state index contributed by atoms with van der Waals surface area (Å²) in [4.78, 5) is 56.8. The fourth-order valence-electron chi connectivity index (χ4n) is 7.91. The minimum absolute atomic E-state index is 0.0241. The molecular weight excluding hydrogens is 610 g/mol. The second kappa shape index (κ2) is 14.1. The number of hydrogen-bond acceptors (Lipinski definition) is 7. The average molecular weight is 658 g/mol. The van der Waals surface area contributed by atoms with Gasteiger partial charge in [0.25, 0.3) is 5.91 Å². The van der Waals surface area contributed by atoms with Gasteiger partial charge in [-0.2, -0.15) is 0 Å². The summed E-state index contributed by atoms with van der Waals surface area (Å²) < 4.78 is 11.7. The first-order valence-electron chi connectivity index (χ1n) is 17.5. The summed E-state index contributed by atoms with van der Waals surface area (Å²) in [6.07, 6.45) is 4.09. The van der Waals surface area contributed by atoms with E-state index >= 15 is 0 Å². The number of hydrogen-bond donors (Lipinski definition) is 2. The number of rotatable bonds is 6. The van der Waals surface area contributed by atoms with Crippen LogP contribution in [0.4, 0.5) is 15.3 Å². The van der Waals surface area contributed by atoms with E-state index in [2.05, 4.69) is 32.3 Å². The van der Waals surface area contributed by atoms with Crippen LogP contribution >= 0.6 is 0 Å². The van der Waals surface area contributed by atoms with E-state index in [4.69, 9.17) is 9.47 Å². The maximum atomic E-state index is 14.3. The van der Waals surface area contributed by atoms with Crippen molar-refractivity contribution in [2.75, 3.05) is 64.3 Å². The summed E-state index contributed by atoms with van der Waals surface area (Å²) in [5.41, 5.74) is 5.71. The maximum absolute atomic E-state index is 14.3. The van der Waals surface area contributed by atoms with Crippen molar-refractivity contribution in [3.63, 3.8) is 0 Å². The van der Waals surface area contributed by atoms with Crippen LogP contribution < -0.4 is 5.32 Å². The molecule has 5 heterocycles. The maximum Gasteiger partial charge on any atom is 0.410 e. The largest absolute Gasteiger partial charge is 0.435 e. The number of morpholine rings is 1. The van der Waals surface area contributed by atoms with E-state index in [9.17, 15) is 14.4 Å². The van der Waals surface area contributed by atoms with Gasteiger partial charge in [-0.25, -0.2) is 14.6 Å². The molecule has 0 radical (unpaired) electrons. The highest BCUT2D eigenvalue weighted by atomic mass is 16.6. The third-order valence-electron chi connectivity index (χ3n) is 10.8. The highest BCUT2D eigenvalue weighted by molar-refractivity contribution is 5.91. The van der Waals surface area contributed by atoms with Gasteiger partial charge in [0, 0.05) is 69.5 Å². The second-order valence-corrected chi connectivity index (χ2v) is 13.7. The van der Waals surface area contributed by atoms with Gasteiger partial charge in [-0.05, 0) is 67.9 Å². The zero-order chi connectivity index (χ0) is 33.2. The van der Waals surface area contributed by atoms with Gasteiger partial charge in [0.1, 0.15) is 0 Å². The standard InChI is InChI=1S/C36H47N7O5/c1-24-21-27(22-31-32(24)38-23-37-31)25(2)33(34(44)41-12-8-28(9-13-41)40-17-19-47-20-18-40)48-36(46)42-14-10-29(11-15-42)43-16-7-26-5-3-4-6-30(26)39-35(43)45/h3-6,21-23,25,28-29,33H,7-20H2,1-2H3,(H,37,38)(H,39,45). The summed E-state index contributed by atoms with van der Waals surface area (Å²) in [6, 6.07) is 12.3. The fraction of sp³-hybridized carbons (Fsp3) is 0.556. The molecule has 4 aliphatic heterocycles. The molecule has 0 saturated carbocycles. The first kappa shape index (κ1) is 32.4. The Balaban J connectivity index is 1.02. The molecule has 3 aromatic rings. The molecule has 12 heteroatoms. The third kappa shape index (κ3) is 6.73. The summed E-state index contributed by atoms with van der Waals surface area (Å²) in [5, 5.41) is 3.06. The number of para-hydroxylation sites is 1. The monoisotopic (exact) mass is 657 g/mol. The number of ether oxygens (including phenoxy) is 2. The Bertz CT molecular complexity index is 1620. The van der Waals surface area contributed by atoms with Crippen molar-refractivity contribution in [1.82, 2.24) is 29.6 Å². The Morgan fingerprint density at radius 2 is 1.65 bits per heavy atom. The number of aromatic amines is 1. The van der Waals surface area contributed by atoms with Gasteiger partial charge in [-0.3, -0.25) is 9.69 Å². The number of likely N-dealkylation sites (tertiary alicyclic amines) is 2. The van der Waals surface area contributed by atoms with Crippen LogP contribution in [0.2, 0.25) is 0 Å². The number of imidazole rings is 1. The number of nitrogens with one attached hydrogen (secondary N) is 2. The zero-order valence-electron chi connectivity index (χ0n) is 28.0. The predicted molar refractivity (Wildman–Crippen MR) is 182 cm³/mol. The molecule has 0 aliphatic carbocycles. The van der Waals surface area contributed by atoms with E-state index < -0.39 is 12.2 Å². The van der Waals surface area contributed by atoms with Crippen LogP contribution in [0.3, 0.4) is 0 Å².